The number of halogens is 1. The van der Waals surface area contributed by atoms with Crippen molar-refractivity contribution in [3.05, 3.63) is 53.8 Å². The van der Waals surface area contributed by atoms with Gasteiger partial charge in [-0.05, 0) is 49.7 Å². The summed E-state index contributed by atoms with van der Waals surface area (Å²) in [6.07, 6.45) is 0.179. The lowest BCUT2D eigenvalue weighted by Gasteiger charge is -2.15. The highest BCUT2D eigenvalue weighted by Crippen LogP contribution is 2.24. The zero-order valence-corrected chi connectivity index (χ0v) is 12.6. The van der Waals surface area contributed by atoms with E-state index in [4.69, 9.17) is 0 Å². The molecule has 0 aliphatic carbocycles. The van der Waals surface area contributed by atoms with Gasteiger partial charge >= 0.3 is 0 Å². The number of carbonyl (C=O) groups excluding carboxylic acids is 1. The molecule has 0 saturated heterocycles. The molecule has 22 heavy (non-hydrogen) atoms. The van der Waals surface area contributed by atoms with E-state index >= 15 is 0 Å². The van der Waals surface area contributed by atoms with Crippen molar-refractivity contribution < 1.29 is 14.3 Å². The molecule has 0 unspecified atom stereocenters. The summed E-state index contributed by atoms with van der Waals surface area (Å²) in [6, 6.07) is 10.8. The molecule has 0 aliphatic heterocycles. The van der Waals surface area contributed by atoms with E-state index in [1.165, 1.54) is 30.3 Å². The molecular weight excluding hydrogens is 283 g/mol. The Morgan fingerprint density at radius 3 is 2.45 bits per heavy atom. The third kappa shape index (κ3) is 4.48. The lowest BCUT2D eigenvalue weighted by molar-refractivity contribution is -0.115. The Hall–Kier alpha value is -2.56. The van der Waals surface area contributed by atoms with Crippen molar-refractivity contribution in [3.63, 3.8) is 0 Å². The number of phenols is 1. The molecule has 0 aliphatic rings. The predicted molar refractivity (Wildman–Crippen MR) is 85.6 cm³/mol. The molecule has 0 fully saturated rings. The van der Waals surface area contributed by atoms with Crippen molar-refractivity contribution in [2.75, 3.05) is 10.6 Å². The van der Waals surface area contributed by atoms with Crippen molar-refractivity contribution >= 4 is 17.3 Å². The van der Waals surface area contributed by atoms with Crippen LogP contribution in [0.25, 0.3) is 0 Å². The molecule has 0 heterocycles. The molecule has 3 N–H and O–H groups in total. The van der Waals surface area contributed by atoms with Crippen LogP contribution in [-0.4, -0.2) is 17.1 Å². The second kappa shape index (κ2) is 6.93. The first-order chi connectivity index (χ1) is 10.4. The number of hydrogen-bond donors (Lipinski definition) is 3. The zero-order valence-electron chi connectivity index (χ0n) is 12.6. The molecular formula is C17H19FN2O2. The van der Waals surface area contributed by atoms with Crippen LogP contribution in [0.2, 0.25) is 0 Å². The van der Waals surface area contributed by atoms with Gasteiger partial charge in [-0.15, -0.1) is 0 Å². The van der Waals surface area contributed by atoms with Gasteiger partial charge in [0, 0.05) is 6.04 Å². The molecule has 2 aromatic carbocycles. The van der Waals surface area contributed by atoms with E-state index in [1.807, 2.05) is 13.8 Å². The minimum absolute atomic E-state index is 0.120. The van der Waals surface area contributed by atoms with Gasteiger partial charge < -0.3 is 15.7 Å². The maximum absolute atomic E-state index is 13.3. The molecule has 0 bridgehead atoms. The van der Waals surface area contributed by atoms with E-state index < -0.39 is 0 Å². The van der Waals surface area contributed by atoms with Crippen LogP contribution in [0.3, 0.4) is 0 Å². The monoisotopic (exact) mass is 302 g/mol. The summed E-state index contributed by atoms with van der Waals surface area (Å²) in [5.74, 6) is -0.407. The summed E-state index contributed by atoms with van der Waals surface area (Å²) in [6.45, 7) is 3.87. The fourth-order valence-electron chi connectivity index (χ4n) is 2.05. The first kappa shape index (κ1) is 15.8. The van der Waals surface area contributed by atoms with Gasteiger partial charge in [0.05, 0.1) is 17.8 Å². The number of amides is 1. The minimum atomic E-state index is -0.361. The average molecular weight is 302 g/mol. The first-order valence-electron chi connectivity index (χ1n) is 7.08. The van der Waals surface area contributed by atoms with Gasteiger partial charge in [0.1, 0.15) is 11.6 Å². The molecule has 0 radical (unpaired) electrons. The fraction of sp³-hybridized carbons (Fsp3) is 0.235. The Labute approximate surface area is 129 Å². The van der Waals surface area contributed by atoms with Crippen LogP contribution in [0, 0.1) is 5.82 Å². The Morgan fingerprint density at radius 1 is 1.14 bits per heavy atom. The summed E-state index contributed by atoms with van der Waals surface area (Å²) in [5, 5.41) is 15.1. The highest BCUT2D eigenvalue weighted by Gasteiger charge is 2.10. The van der Waals surface area contributed by atoms with Crippen LogP contribution in [0.1, 0.15) is 19.4 Å². The van der Waals surface area contributed by atoms with Crippen molar-refractivity contribution in [1.29, 1.82) is 0 Å². The Morgan fingerprint density at radius 2 is 1.82 bits per heavy atom. The van der Waals surface area contributed by atoms with Gasteiger partial charge in [-0.25, -0.2) is 4.39 Å². The summed E-state index contributed by atoms with van der Waals surface area (Å²) < 4.78 is 13.3. The molecule has 116 valence electrons. The van der Waals surface area contributed by atoms with E-state index in [2.05, 4.69) is 10.6 Å². The number of aromatic hydroxyl groups is 1. The second-order valence-corrected chi connectivity index (χ2v) is 5.38. The van der Waals surface area contributed by atoms with Crippen LogP contribution in [0.15, 0.2) is 42.5 Å². The maximum atomic E-state index is 13.3. The van der Waals surface area contributed by atoms with Crippen molar-refractivity contribution in [2.24, 2.45) is 0 Å². The van der Waals surface area contributed by atoms with Crippen LogP contribution in [-0.2, 0) is 11.2 Å². The Bertz CT molecular complexity index is 654. The largest absolute Gasteiger partial charge is 0.508 e. The number of phenolic OH excluding ortho intramolecular Hbond substituents is 1. The molecule has 0 atom stereocenters. The van der Waals surface area contributed by atoms with Gasteiger partial charge in [-0.3, -0.25) is 4.79 Å². The predicted octanol–water partition coefficient (Wildman–Crippen LogP) is 3.53. The molecule has 2 rings (SSSR count). The van der Waals surface area contributed by atoms with Crippen LogP contribution < -0.4 is 10.6 Å². The molecule has 2 aromatic rings. The standard InChI is InChI=1S/C17H19FN2O2/c1-11(2)19-16-10-13(18)5-8-15(16)20-17(22)9-12-3-6-14(21)7-4-12/h3-8,10-11,19,21H,9H2,1-2H3,(H,20,22). The smallest absolute Gasteiger partial charge is 0.228 e. The third-order valence-electron chi connectivity index (χ3n) is 3.00. The molecule has 0 saturated carbocycles. The number of nitrogens with one attached hydrogen (secondary N) is 2. The molecule has 1 amide bonds. The third-order valence-corrected chi connectivity index (χ3v) is 3.00. The SMILES string of the molecule is CC(C)Nc1cc(F)ccc1NC(=O)Cc1ccc(O)cc1. The first-order valence-corrected chi connectivity index (χ1v) is 7.08. The number of carbonyl (C=O) groups is 1. The van der Waals surface area contributed by atoms with Gasteiger partial charge in [0.15, 0.2) is 0 Å². The highest BCUT2D eigenvalue weighted by molar-refractivity contribution is 5.95. The quantitative estimate of drug-likeness (QED) is 0.792. The van der Waals surface area contributed by atoms with E-state index in [0.29, 0.717) is 11.4 Å². The van der Waals surface area contributed by atoms with E-state index in [1.54, 1.807) is 12.1 Å². The van der Waals surface area contributed by atoms with E-state index in [-0.39, 0.29) is 29.9 Å². The summed E-state index contributed by atoms with van der Waals surface area (Å²) in [7, 11) is 0. The number of anilines is 2. The van der Waals surface area contributed by atoms with Gasteiger partial charge in [0.2, 0.25) is 5.91 Å². The van der Waals surface area contributed by atoms with E-state index in [9.17, 15) is 14.3 Å². The van der Waals surface area contributed by atoms with E-state index in [0.717, 1.165) is 5.56 Å². The number of rotatable bonds is 5. The lowest BCUT2D eigenvalue weighted by Crippen LogP contribution is -2.17. The molecule has 0 aromatic heterocycles. The van der Waals surface area contributed by atoms with Gasteiger partial charge in [-0.2, -0.15) is 0 Å². The zero-order chi connectivity index (χ0) is 16.1. The molecule has 5 heteroatoms. The van der Waals surface area contributed by atoms with Crippen LogP contribution in [0.4, 0.5) is 15.8 Å². The summed E-state index contributed by atoms with van der Waals surface area (Å²) in [4.78, 5) is 12.1. The van der Waals surface area contributed by atoms with Crippen LogP contribution >= 0.6 is 0 Å². The Kier molecular flexibility index (Phi) is 4.99. The lowest BCUT2D eigenvalue weighted by atomic mass is 10.1. The summed E-state index contributed by atoms with van der Waals surface area (Å²) in [5.41, 5.74) is 1.88. The van der Waals surface area contributed by atoms with Crippen molar-refractivity contribution in [3.8, 4) is 5.75 Å². The van der Waals surface area contributed by atoms with Crippen molar-refractivity contribution in [2.45, 2.75) is 26.3 Å². The molecule has 0 spiro atoms. The average Bonchev–Trinajstić information content (AvgIpc) is 2.44. The van der Waals surface area contributed by atoms with Gasteiger partial charge in [-0.1, -0.05) is 12.1 Å². The van der Waals surface area contributed by atoms with Crippen LogP contribution in [0.5, 0.6) is 5.75 Å². The molecule has 4 nitrogen and oxygen atoms in total. The summed E-state index contributed by atoms with van der Waals surface area (Å²) >= 11 is 0. The van der Waals surface area contributed by atoms with Crippen molar-refractivity contribution in [1.82, 2.24) is 0 Å². The maximum Gasteiger partial charge on any atom is 0.228 e. The highest BCUT2D eigenvalue weighted by atomic mass is 19.1. The normalized spacial score (nSPS) is 10.5. The van der Waals surface area contributed by atoms with Gasteiger partial charge in [0.25, 0.3) is 0 Å². The number of hydrogen-bond acceptors (Lipinski definition) is 3. The fourth-order valence-corrected chi connectivity index (χ4v) is 2.05. The minimum Gasteiger partial charge on any atom is -0.508 e. The second-order valence-electron chi connectivity index (χ2n) is 5.38. The number of benzene rings is 2. The topological polar surface area (TPSA) is 61.4 Å². The Balaban J connectivity index is 2.09.